The molecule has 0 spiro atoms. The van der Waals surface area contributed by atoms with Crippen LogP contribution in [0.3, 0.4) is 0 Å². The van der Waals surface area contributed by atoms with E-state index in [1.807, 2.05) is 44.4 Å². The number of alkyl halides is 2. The summed E-state index contributed by atoms with van der Waals surface area (Å²) in [5.74, 6) is 0.426. The number of hydrogen-bond acceptors (Lipinski definition) is 5. The molecule has 1 fully saturated rings. The zero-order valence-electron chi connectivity index (χ0n) is 18.6. The molecule has 3 atom stereocenters. The van der Waals surface area contributed by atoms with Gasteiger partial charge in [-0.05, 0) is 58.0 Å². The van der Waals surface area contributed by atoms with Crippen LogP contribution in [-0.4, -0.2) is 43.8 Å². The van der Waals surface area contributed by atoms with Gasteiger partial charge in [-0.1, -0.05) is 30.3 Å². The maximum atomic E-state index is 13.1. The number of amides is 1. The average Bonchev–Trinajstić information content (AvgIpc) is 3.21. The van der Waals surface area contributed by atoms with Crippen molar-refractivity contribution >= 4 is 6.09 Å². The fraction of sp³-hybridized carbons (Fsp3) is 0.458. The summed E-state index contributed by atoms with van der Waals surface area (Å²) in [4.78, 5) is 14.3. The van der Waals surface area contributed by atoms with Crippen LogP contribution in [0.25, 0.3) is 0 Å². The molecule has 1 amide bonds. The molecule has 0 heterocycles. The molecule has 8 heteroatoms. The van der Waals surface area contributed by atoms with Gasteiger partial charge < -0.3 is 24.4 Å². The third-order valence-corrected chi connectivity index (χ3v) is 5.58. The monoisotopic (exact) mass is 448 g/mol. The van der Waals surface area contributed by atoms with Crippen molar-refractivity contribution in [3.63, 3.8) is 0 Å². The van der Waals surface area contributed by atoms with E-state index in [1.165, 1.54) is 6.07 Å². The first kappa shape index (κ1) is 23.8. The topological polar surface area (TPSA) is 60.0 Å². The van der Waals surface area contributed by atoms with Gasteiger partial charge in [0.25, 0.3) is 0 Å². The van der Waals surface area contributed by atoms with Gasteiger partial charge in [-0.25, -0.2) is 4.79 Å². The molecule has 0 radical (unpaired) electrons. The van der Waals surface area contributed by atoms with Crippen LogP contribution >= 0.6 is 0 Å². The van der Waals surface area contributed by atoms with Crippen LogP contribution < -0.4 is 14.8 Å². The summed E-state index contributed by atoms with van der Waals surface area (Å²) in [7, 11) is 4.01. The highest BCUT2D eigenvalue weighted by molar-refractivity contribution is 5.68. The first-order valence-corrected chi connectivity index (χ1v) is 10.7. The summed E-state index contributed by atoms with van der Waals surface area (Å²) in [6.45, 7) is -1.21. The second-order valence-electron chi connectivity index (χ2n) is 8.12. The van der Waals surface area contributed by atoms with Crippen molar-refractivity contribution in [2.24, 2.45) is 0 Å². The number of carbonyl (C=O) groups is 1. The molecule has 2 aromatic rings. The van der Waals surface area contributed by atoms with Crippen molar-refractivity contribution in [2.45, 2.75) is 57.6 Å². The standard InChI is InChI=1S/C24H30F2N2O4/c1-16(27-24(29)30-15-17-8-5-4-6-9-17)19-13-12-18(14-22(19)32-23(25)26)31-21-11-7-10-20(21)28(2)3/h4-6,8-9,12-14,16,20-21,23H,7,10-11,15H2,1-3H3,(H,27,29)/t16-,20-,21-/m0/s1. The van der Waals surface area contributed by atoms with Crippen molar-refractivity contribution in [1.29, 1.82) is 0 Å². The number of benzene rings is 2. The van der Waals surface area contributed by atoms with Crippen molar-refractivity contribution in [1.82, 2.24) is 10.2 Å². The summed E-state index contributed by atoms with van der Waals surface area (Å²) < 4.78 is 42.2. The van der Waals surface area contributed by atoms with Crippen molar-refractivity contribution in [3.05, 3.63) is 59.7 Å². The predicted octanol–water partition coefficient (Wildman–Crippen LogP) is 5.14. The van der Waals surface area contributed by atoms with Gasteiger partial charge in [0.2, 0.25) is 0 Å². The number of ether oxygens (including phenoxy) is 3. The first-order chi connectivity index (χ1) is 15.3. The van der Waals surface area contributed by atoms with E-state index in [4.69, 9.17) is 14.2 Å². The highest BCUT2D eigenvalue weighted by Crippen LogP contribution is 2.34. The van der Waals surface area contributed by atoms with E-state index in [0.29, 0.717) is 11.3 Å². The van der Waals surface area contributed by atoms with Crippen LogP contribution in [0.15, 0.2) is 48.5 Å². The Morgan fingerprint density at radius 3 is 2.59 bits per heavy atom. The van der Waals surface area contributed by atoms with E-state index < -0.39 is 18.7 Å². The molecule has 174 valence electrons. The van der Waals surface area contributed by atoms with Gasteiger partial charge in [-0.2, -0.15) is 8.78 Å². The highest BCUT2D eigenvalue weighted by Gasteiger charge is 2.31. The predicted molar refractivity (Wildman–Crippen MR) is 117 cm³/mol. The van der Waals surface area contributed by atoms with Crippen LogP contribution in [0, 0.1) is 0 Å². The minimum absolute atomic E-state index is 0.0150. The van der Waals surface area contributed by atoms with Gasteiger partial charge in [-0.3, -0.25) is 0 Å². The number of alkyl carbamates (subject to hydrolysis) is 1. The molecule has 2 aromatic carbocycles. The Kier molecular flexibility index (Phi) is 8.27. The van der Waals surface area contributed by atoms with Crippen molar-refractivity contribution in [3.8, 4) is 11.5 Å². The van der Waals surface area contributed by atoms with E-state index in [2.05, 4.69) is 10.2 Å². The molecule has 1 aliphatic carbocycles. The lowest BCUT2D eigenvalue weighted by Gasteiger charge is -2.27. The van der Waals surface area contributed by atoms with Gasteiger partial charge >= 0.3 is 12.7 Å². The Morgan fingerprint density at radius 1 is 1.16 bits per heavy atom. The van der Waals surface area contributed by atoms with Gasteiger partial charge in [0.05, 0.1) is 6.04 Å². The Hall–Kier alpha value is -2.87. The Bertz CT molecular complexity index is 880. The molecular formula is C24H30F2N2O4. The fourth-order valence-electron chi connectivity index (χ4n) is 3.97. The van der Waals surface area contributed by atoms with Gasteiger partial charge in [0, 0.05) is 17.7 Å². The minimum atomic E-state index is -3.00. The number of carbonyl (C=O) groups excluding carboxylic acids is 1. The van der Waals surface area contributed by atoms with Gasteiger partial charge in [0.15, 0.2) is 0 Å². The molecule has 32 heavy (non-hydrogen) atoms. The van der Waals surface area contributed by atoms with E-state index in [9.17, 15) is 13.6 Å². The molecule has 1 saturated carbocycles. The molecule has 0 aliphatic heterocycles. The molecule has 6 nitrogen and oxygen atoms in total. The number of hydrogen-bond donors (Lipinski definition) is 1. The summed E-state index contributed by atoms with van der Waals surface area (Å²) in [6.07, 6.45) is 2.32. The Morgan fingerprint density at radius 2 is 1.91 bits per heavy atom. The summed E-state index contributed by atoms with van der Waals surface area (Å²) in [5, 5.41) is 2.66. The lowest BCUT2D eigenvalue weighted by molar-refractivity contribution is -0.0508. The maximum Gasteiger partial charge on any atom is 0.407 e. The normalized spacial score (nSPS) is 19.1. The molecule has 0 saturated heterocycles. The zero-order chi connectivity index (χ0) is 23.1. The Labute approximate surface area is 187 Å². The number of halogens is 2. The SMILES string of the molecule is C[C@H](NC(=O)OCc1ccccc1)c1ccc(O[C@H]2CCC[C@@H]2N(C)C)cc1OC(F)F. The zero-order valence-corrected chi connectivity index (χ0v) is 18.6. The van der Waals surface area contributed by atoms with Crippen LogP contribution in [0.4, 0.5) is 13.6 Å². The molecule has 3 rings (SSSR count). The minimum Gasteiger partial charge on any atom is -0.489 e. The van der Waals surface area contributed by atoms with Crippen molar-refractivity contribution < 1.29 is 27.8 Å². The average molecular weight is 449 g/mol. The highest BCUT2D eigenvalue weighted by atomic mass is 19.3. The Balaban J connectivity index is 1.67. The number of nitrogens with zero attached hydrogens (tertiary/aromatic N) is 1. The van der Waals surface area contributed by atoms with Gasteiger partial charge in [-0.15, -0.1) is 0 Å². The van der Waals surface area contributed by atoms with Gasteiger partial charge in [0.1, 0.15) is 24.2 Å². The van der Waals surface area contributed by atoms with Crippen LogP contribution in [0.5, 0.6) is 11.5 Å². The van der Waals surface area contributed by atoms with E-state index in [0.717, 1.165) is 24.8 Å². The summed E-state index contributed by atoms with van der Waals surface area (Å²) in [6, 6.07) is 13.7. The number of rotatable bonds is 9. The van der Waals surface area contributed by atoms with Crippen LogP contribution in [0.1, 0.15) is 43.4 Å². The molecular weight excluding hydrogens is 418 g/mol. The molecule has 0 unspecified atom stereocenters. The molecule has 1 N–H and O–H groups in total. The van der Waals surface area contributed by atoms with E-state index in [-0.39, 0.29) is 24.5 Å². The third kappa shape index (κ3) is 6.56. The number of likely N-dealkylation sites (N-methyl/N-ethyl adjacent to an activating group) is 1. The van der Waals surface area contributed by atoms with Crippen molar-refractivity contribution in [2.75, 3.05) is 14.1 Å². The largest absolute Gasteiger partial charge is 0.489 e. The summed E-state index contributed by atoms with van der Waals surface area (Å²) >= 11 is 0. The lowest BCUT2D eigenvalue weighted by Crippen LogP contribution is -2.38. The lowest BCUT2D eigenvalue weighted by atomic mass is 10.1. The smallest absolute Gasteiger partial charge is 0.407 e. The van der Waals surface area contributed by atoms with E-state index >= 15 is 0 Å². The second kappa shape index (κ2) is 11.1. The van der Waals surface area contributed by atoms with Crippen LogP contribution in [-0.2, 0) is 11.3 Å². The number of nitrogens with one attached hydrogen (secondary N) is 1. The van der Waals surface area contributed by atoms with E-state index in [1.54, 1.807) is 19.1 Å². The quantitative estimate of drug-likeness (QED) is 0.576. The fourth-order valence-corrected chi connectivity index (χ4v) is 3.97. The molecule has 1 aliphatic rings. The first-order valence-electron chi connectivity index (χ1n) is 10.7. The molecule has 0 bridgehead atoms. The second-order valence-corrected chi connectivity index (χ2v) is 8.12. The third-order valence-electron chi connectivity index (χ3n) is 5.58. The van der Waals surface area contributed by atoms with Crippen LogP contribution in [0.2, 0.25) is 0 Å². The maximum absolute atomic E-state index is 13.1. The molecule has 0 aromatic heterocycles. The summed E-state index contributed by atoms with van der Waals surface area (Å²) in [5.41, 5.74) is 1.26.